The summed E-state index contributed by atoms with van der Waals surface area (Å²) in [4.78, 5) is 41.9. The Labute approximate surface area is 164 Å². The fourth-order valence-electron chi connectivity index (χ4n) is 3.03. The van der Waals surface area contributed by atoms with Gasteiger partial charge in [0.15, 0.2) is 11.8 Å². The summed E-state index contributed by atoms with van der Waals surface area (Å²) in [6.45, 7) is 5.42. The van der Waals surface area contributed by atoms with Crippen LogP contribution < -0.4 is 0 Å². The van der Waals surface area contributed by atoms with Crippen molar-refractivity contribution in [1.82, 2.24) is 9.88 Å². The second kappa shape index (κ2) is 9.30. The van der Waals surface area contributed by atoms with E-state index >= 15 is 0 Å². The highest BCUT2D eigenvalue weighted by molar-refractivity contribution is 7.09. The molecule has 1 fully saturated rings. The van der Waals surface area contributed by atoms with Gasteiger partial charge in [-0.05, 0) is 24.7 Å². The Hall–Kier alpha value is -1.96. The van der Waals surface area contributed by atoms with Crippen molar-refractivity contribution in [3.63, 3.8) is 0 Å². The Morgan fingerprint density at radius 1 is 1.33 bits per heavy atom. The van der Waals surface area contributed by atoms with E-state index in [9.17, 15) is 14.4 Å². The van der Waals surface area contributed by atoms with Crippen molar-refractivity contribution in [1.29, 1.82) is 0 Å². The molecule has 0 aromatic carbocycles. The molecule has 1 heterocycles. The van der Waals surface area contributed by atoms with Crippen LogP contribution in [-0.4, -0.2) is 47.9 Å². The van der Waals surface area contributed by atoms with E-state index in [-0.39, 0.29) is 23.6 Å². The average Bonchev–Trinajstić information content (AvgIpc) is 3.28. The lowest BCUT2D eigenvalue weighted by atomic mass is 9.96. The van der Waals surface area contributed by atoms with Crippen LogP contribution in [0, 0.1) is 11.8 Å². The smallest absolute Gasteiger partial charge is 0.357 e. The van der Waals surface area contributed by atoms with Gasteiger partial charge in [0.25, 0.3) is 0 Å². The first-order valence-electron chi connectivity index (χ1n) is 9.19. The van der Waals surface area contributed by atoms with Gasteiger partial charge in [-0.2, -0.15) is 0 Å². The van der Waals surface area contributed by atoms with Gasteiger partial charge >= 0.3 is 11.9 Å². The summed E-state index contributed by atoms with van der Waals surface area (Å²) in [5, 5.41) is 2.11. The number of nitrogens with zero attached hydrogens (tertiary/aromatic N) is 2. The zero-order chi connectivity index (χ0) is 20.1. The number of methoxy groups -OCH3 is 1. The number of amides is 1. The highest BCUT2D eigenvalue weighted by Gasteiger charge is 2.33. The van der Waals surface area contributed by atoms with Crippen LogP contribution >= 0.6 is 11.3 Å². The number of aromatic nitrogens is 1. The monoisotopic (exact) mass is 396 g/mol. The summed E-state index contributed by atoms with van der Waals surface area (Å²) in [7, 11) is 3.10. The Bertz CT molecular complexity index is 683. The molecule has 1 aromatic heterocycles. The molecule has 1 aromatic rings. The van der Waals surface area contributed by atoms with Crippen LogP contribution in [0.15, 0.2) is 5.38 Å². The fraction of sp³-hybridized carbons (Fsp3) is 0.684. The molecular weight excluding hydrogens is 368 g/mol. The maximum atomic E-state index is 12.6. The molecule has 1 aliphatic rings. The van der Waals surface area contributed by atoms with Crippen molar-refractivity contribution in [2.24, 2.45) is 11.8 Å². The van der Waals surface area contributed by atoms with Crippen molar-refractivity contribution in [2.75, 3.05) is 14.2 Å². The standard InChI is InChI=1S/C19H28N2O5S/c1-11(2)15(21(4)17(23)8-13-6-7-13)9-16(26-12(3)22)18-20-14(10-27-18)19(24)25-5/h10-11,13,15-16H,6-9H2,1-5H3/t15-,16-/m1/s1. The van der Waals surface area contributed by atoms with Crippen LogP contribution in [-0.2, 0) is 19.1 Å². The van der Waals surface area contributed by atoms with E-state index in [0.29, 0.717) is 23.8 Å². The minimum Gasteiger partial charge on any atom is -0.464 e. The topological polar surface area (TPSA) is 85.8 Å². The second-order valence-corrected chi connectivity index (χ2v) is 8.25. The predicted molar refractivity (Wildman–Crippen MR) is 101 cm³/mol. The van der Waals surface area contributed by atoms with E-state index in [2.05, 4.69) is 9.72 Å². The maximum Gasteiger partial charge on any atom is 0.357 e. The number of carbonyl (C=O) groups excluding carboxylic acids is 3. The van der Waals surface area contributed by atoms with Crippen LogP contribution in [0.1, 0.15) is 68.1 Å². The summed E-state index contributed by atoms with van der Waals surface area (Å²) < 4.78 is 10.2. The third-order valence-electron chi connectivity index (χ3n) is 4.78. The van der Waals surface area contributed by atoms with E-state index in [1.165, 1.54) is 25.4 Å². The lowest BCUT2D eigenvalue weighted by Crippen LogP contribution is -2.41. The number of rotatable bonds is 9. The second-order valence-electron chi connectivity index (χ2n) is 7.36. The largest absolute Gasteiger partial charge is 0.464 e. The molecule has 0 radical (unpaired) electrons. The van der Waals surface area contributed by atoms with Crippen molar-refractivity contribution in [2.45, 2.75) is 58.6 Å². The SMILES string of the molecule is COC(=O)c1csc([C@@H](C[C@H](C(C)C)N(C)C(=O)CC2CC2)OC(C)=O)n1. The van der Waals surface area contributed by atoms with Gasteiger partial charge in [0.2, 0.25) is 5.91 Å². The van der Waals surface area contributed by atoms with Gasteiger partial charge in [-0.25, -0.2) is 9.78 Å². The molecule has 0 bridgehead atoms. The van der Waals surface area contributed by atoms with Gasteiger partial charge in [-0.1, -0.05) is 13.8 Å². The minimum atomic E-state index is -0.616. The lowest BCUT2D eigenvalue weighted by Gasteiger charge is -2.33. The van der Waals surface area contributed by atoms with Gasteiger partial charge in [0.05, 0.1) is 7.11 Å². The zero-order valence-electron chi connectivity index (χ0n) is 16.6. The van der Waals surface area contributed by atoms with Gasteiger partial charge in [-0.15, -0.1) is 11.3 Å². The van der Waals surface area contributed by atoms with E-state index < -0.39 is 18.0 Å². The highest BCUT2D eigenvalue weighted by Crippen LogP contribution is 2.34. The van der Waals surface area contributed by atoms with Gasteiger partial charge in [0.1, 0.15) is 5.01 Å². The molecule has 27 heavy (non-hydrogen) atoms. The number of esters is 2. The van der Waals surface area contributed by atoms with Crippen LogP contribution in [0.2, 0.25) is 0 Å². The Morgan fingerprint density at radius 3 is 2.52 bits per heavy atom. The van der Waals surface area contributed by atoms with Crippen molar-refractivity contribution >= 4 is 29.2 Å². The summed E-state index contributed by atoms with van der Waals surface area (Å²) in [5.74, 6) is -0.150. The summed E-state index contributed by atoms with van der Waals surface area (Å²) >= 11 is 1.25. The van der Waals surface area contributed by atoms with Gasteiger partial charge in [-0.3, -0.25) is 9.59 Å². The summed E-state index contributed by atoms with van der Waals surface area (Å²) in [6, 6.07) is -0.105. The first-order valence-corrected chi connectivity index (χ1v) is 10.1. The molecule has 0 spiro atoms. The molecule has 2 rings (SSSR count). The van der Waals surface area contributed by atoms with E-state index in [1.54, 1.807) is 10.3 Å². The summed E-state index contributed by atoms with van der Waals surface area (Å²) in [6.07, 6.45) is 2.63. The normalized spacial score (nSPS) is 15.9. The highest BCUT2D eigenvalue weighted by atomic mass is 32.1. The summed E-state index contributed by atoms with van der Waals surface area (Å²) in [5.41, 5.74) is 0.189. The molecule has 0 N–H and O–H groups in total. The Balaban J connectivity index is 2.17. The Morgan fingerprint density at radius 2 is 2.00 bits per heavy atom. The van der Waals surface area contributed by atoms with Crippen LogP contribution in [0.25, 0.3) is 0 Å². The van der Waals surface area contributed by atoms with Crippen molar-refractivity contribution < 1.29 is 23.9 Å². The molecule has 1 aliphatic carbocycles. The quantitative estimate of drug-likeness (QED) is 0.596. The minimum absolute atomic E-state index is 0.105. The Kier molecular flexibility index (Phi) is 7.35. The first-order chi connectivity index (χ1) is 12.7. The van der Waals surface area contributed by atoms with Crippen molar-refractivity contribution in [3.05, 3.63) is 16.1 Å². The van der Waals surface area contributed by atoms with E-state index in [1.807, 2.05) is 20.9 Å². The molecule has 0 aliphatic heterocycles. The van der Waals surface area contributed by atoms with Crippen LogP contribution in [0.3, 0.4) is 0 Å². The van der Waals surface area contributed by atoms with Gasteiger partial charge in [0, 0.05) is 38.2 Å². The van der Waals surface area contributed by atoms with E-state index in [4.69, 9.17) is 4.74 Å². The first kappa shape index (κ1) is 21.3. The number of ether oxygens (including phenoxy) is 2. The van der Waals surface area contributed by atoms with Crippen LogP contribution in [0.5, 0.6) is 0 Å². The third-order valence-corrected chi connectivity index (χ3v) is 5.71. The van der Waals surface area contributed by atoms with Gasteiger partial charge < -0.3 is 14.4 Å². The molecule has 0 saturated heterocycles. The van der Waals surface area contributed by atoms with Crippen LogP contribution in [0.4, 0.5) is 0 Å². The lowest BCUT2D eigenvalue weighted by molar-refractivity contribution is -0.148. The predicted octanol–water partition coefficient (Wildman–Crippen LogP) is 3.21. The molecule has 8 heteroatoms. The zero-order valence-corrected chi connectivity index (χ0v) is 17.4. The number of hydrogen-bond donors (Lipinski definition) is 0. The van der Waals surface area contributed by atoms with E-state index in [0.717, 1.165) is 12.8 Å². The molecule has 7 nitrogen and oxygen atoms in total. The molecule has 0 unspecified atom stereocenters. The fourth-order valence-corrected chi connectivity index (χ4v) is 3.86. The van der Waals surface area contributed by atoms with Crippen molar-refractivity contribution in [3.8, 4) is 0 Å². The molecule has 1 saturated carbocycles. The molecular formula is C19H28N2O5S. The number of hydrogen-bond acceptors (Lipinski definition) is 7. The average molecular weight is 397 g/mol. The molecule has 150 valence electrons. The maximum absolute atomic E-state index is 12.6. The number of thiazole rings is 1. The number of carbonyl (C=O) groups is 3. The third kappa shape index (κ3) is 6.02. The molecule has 1 amide bonds. The molecule has 2 atom stereocenters.